The molecule has 2 nitrogen and oxygen atoms in total. The molecule has 2 rings (SSSR count). The van der Waals surface area contributed by atoms with E-state index in [2.05, 4.69) is 18.2 Å². The Morgan fingerprint density at radius 2 is 1.58 bits per heavy atom. The van der Waals surface area contributed by atoms with Crippen LogP contribution < -0.4 is 4.74 Å². The van der Waals surface area contributed by atoms with Crippen LogP contribution in [0.1, 0.15) is 20.3 Å². The van der Waals surface area contributed by atoms with Crippen molar-refractivity contribution in [3.05, 3.63) is 54.6 Å². The van der Waals surface area contributed by atoms with Crippen molar-refractivity contribution in [2.24, 2.45) is 0 Å². The molecule has 0 spiro atoms. The van der Waals surface area contributed by atoms with Crippen LogP contribution in [0, 0.1) is 0 Å². The first kappa shape index (κ1) is 15.3. The van der Waals surface area contributed by atoms with Gasteiger partial charge in [-0.3, -0.25) is 0 Å². The number of hydrogen-bond donors (Lipinski definition) is 1. The topological polar surface area (TPSA) is 29.5 Å². The first-order chi connectivity index (χ1) is 9.40. The lowest BCUT2D eigenvalue weighted by atomic mass is 10.1. The second-order valence-corrected chi connectivity index (χ2v) is 3.82. The quantitative estimate of drug-likeness (QED) is 0.817. The molecule has 1 N–H and O–H groups in total. The summed E-state index contributed by atoms with van der Waals surface area (Å²) >= 11 is 0. The molecule has 0 atom stereocenters. The maximum absolute atomic E-state index is 8.70. The average molecular weight is 258 g/mol. The molecule has 102 valence electrons. The van der Waals surface area contributed by atoms with Gasteiger partial charge in [0.25, 0.3) is 0 Å². The fraction of sp³-hybridized carbons (Fsp3) is 0.294. The second-order valence-electron chi connectivity index (χ2n) is 3.82. The summed E-state index contributed by atoms with van der Waals surface area (Å²) < 4.78 is 5.55. The third-order valence-electron chi connectivity index (χ3n) is 2.51. The summed E-state index contributed by atoms with van der Waals surface area (Å²) in [6.07, 6.45) is 0.662. The third-order valence-corrected chi connectivity index (χ3v) is 2.51. The van der Waals surface area contributed by atoms with E-state index >= 15 is 0 Å². The van der Waals surface area contributed by atoms with Crippen molar-refractivity contribution in [3.63, 3.8) is 0 Å². The summed E-state index contributed by atoms with van der Waals surface area (Å²) in [4.78, 5) is 0. The zero-order valence-electron chi connectivity index (χ0n) is 11.7. The molecule has 0 aliphatic carbocycles. The van der Waals surface area contributed by atoms with Gasteiger partial charge in [-0.2, -0.15) is 0 Å². The highest BCUT2D eigenvalue weighted by atomic mass is 16.5. The predicted molar refractivity (Wildman–Crippen MR) is 80.4 cm³/mol. The van der Waals surface area contributed by atoms with Gasteiger partial charge in [0.2, 0.25) is 0 Å². The van der Waals surface area contributed by atoms with Crippen molar-refractivity contribution in [2.45, 2.75) is 20.3 Å². The fourth-order valence-corrected chi connectivity index (χ4v) is 1.65. The molecule has 2 aromatic rings. The highest BCUT2D eigenvalue weighted by molar-refractivity contribution is 5.64. The van der Waals surface area contributed by atoms with E-state index in [0.717, 1.165) is 11.3 Å². The van der Waals surface area contributed by atoms with E-state index in [-0.39, 0.29) is 6.61 Å². The summed E-state index contributed by atoms with van der Waals surface area (Å²) in [6, 6.07) is 18.2. The first-order valence-electron chi connectivity index (χ1n) is 6.79. The van der Waals surface area contributed by atoms with Crippen molar-refractivity contribution in [3.8, 4) is 16.9 Å². The van der Waals surface area contributed by atoms with Gasteiger partial charge in [-0.25, -0.2) is 0 Å². The van der Waals surface area contributed by atoms with E-state index in [4.69, 9.17) is 9.84 Å². The Kier molecular flexibility index (Phi) is 7.37. The van der Waals surface area contributed by atoms with Crippen molar-refractivity contribution in [1.29, 1.82) is 0 Å². The molecule has 0 heterocycles. The van der Waals surface area contributed by atoms with E-state index in [0.29, 0.717) is 13.0 Å². The third kappa shape index (κ3) is 5.14. The number of aliphatic hydroxyl groups is 1. The number of aliphatic hydroxyl groups excluding tert-OH is 1. The molecule has 0 saturated carbocycles. The Morgan fingerprint density at radius 1 is 0.895 bits per heavy atom. The van der Waals surface area contributed by atoms with Gasteiger partial charge in [0, 0.05) is 13.0 Å². The van der Waals surface area contributed by atoms with Crippen LogP contribution in [0.2, 0.25) is 0 Å². The molecule has 2 heteroatoms. The summed E-state index contributed by atoms with van der Waals surface area (Å²) in [6.45, 7) is 4.72. The standard InChI is InChI=1S/C15H16O2.C2H6/c16-10-5-11-17-15-9-4-8-14(12-15)13-6-2-1-3-7-13;1-2/h1-4,6-9,12,16H,5,10-11H2;1-2H3. The molecule has 0 fully saturated rings. The van der Waals surface area contributed by atoms with Crippen LogP contribution >= 0.6 is 0 Å². The van der Waals surface area contributed by atoms with Gasteiger partial charge in [0.1, 0.15) is 5.75 Å². The van der Waals surface area contributed by atoms with Crippen LogP contribution in [0.5, 0.6) is 5.75 Å². The molecule has 0 aromatic heterocycles. The molecular weight excluding hydrogens is 236 g/mol. The normalized spacial score (nSPS) is 9.42. The van der Waals surface area contributed by atoms with Gasteiger partial charge in [0.15, 0.2) is 0 Å². The number of hydrogen-bond acceptors (Lipinski definition) is 2. The van der Waals surface area contributed by atoms with E-state index in [1.807, 2.05) is 50.2 Å². The van der Waals surface area contributed by atoms with E-state index in [1.165, 1.54) is 5.56 Å². The van der Waals surface area contributed by atoms with Crippen LogP contribution in [0.3, 0.4) is 0 Å². The molecule has 0 unspecified atom stereocenters. The zero-order valence-corrected chi connectivity index (χ0v) is 11.7. The predicted octanol–water partition coefficient (Wildman–Crippen LogP) is 4.14. The van der Waals surface area contributed by atoms with Crippen molar-refractivity contribution >= 4 is 0 Å². The monoisotopic (exact) mass is 258 g/mol. The summed E-state index contributed by atoms with van der Waals surface area (Å²) in [5.74, 6) is 0.847. The van der Waals surface area contributed by atoms with Crippen molar-refractivity contribution in [2.75, 3.05) is 13.2 Å². The Hall–Kier alpha value is -1.80. The average Bonchev–Trinajstić information content (AvgIpc) is 2.51. The van der Waals surface area contributed by atoms with E-state index in [9.17, 15) is 0 Å². The van der Waals surface area contributed by atoms with Gasteiger partial charge in [-0.15, -0.1) is 0 Å². The molecular formula is C17H22O2. The molecule has 19 heavy (non-hydrogen) atoms. The Morgan fingerprint density at radius 3 is 2.26 bits per heavy atom. The largest absolute Gasteiger partial charge is 0.493 e. The molecule has 0 amide bonds. The van der Waals surface area contributed by atoms with Gasteiger partial charge in [0.05, 0.1) is 6.61 Å². The summed E-state index contributed by atoms with van der Waals surface area (Å²) in [5, 5.41) is 8.70. The van der Waals surface area contributed by atoms with Crippen LogP contribution in [0.4, 0.5) is 0 Å². The SMILES string of the molecule is CC.OCCCOc1cccc(-c2ccccc2)c1. The van der Waals surface area contributed by atoms with E-state index < -0.39 is 0 Å². The van der Waals surface area contributed by atoms with Crippen LogP contribution in [-0.2, 0) is 0 Å². The Balaban J connectivity index is 0.000000861. The number of benzene rings is 2. The minimum atomic E-state index is 0.165. The van der Waals surface area contributed by atoms with Gasteiger partial charge in [-0.1, -0.05) is 56.3 Å². The Labute approximate surface area is 115 Å². The van der Waals surface area contributed by atoms with Crippen molar-refractivity contribution in [1.82, 2.24) is 0 Å². The highest BCUT2D eigenvalue weighted by Crippen LogP contribution is 2.23. The molecule has 0 bridgehead atoms. The summed E-state index contributed by atoms with van der Waals surface area (Å²) in [7, 11) is 0. The molecule has 0 saturated heterocycles. The van der Waals surface area contributed by atoms with Crippen LogP contribution in [0.25, 0.3) is 11.1 Å². The fourth-order valence-electron chi connectivity index (χ4n) is 1.65. The van der Waals surface area contributed by atoms with Crippen LogP contribution in [0.15, 0.2) is 54.6 Å². The zero-order chi connectivity index (χ0) is 13.9. The summed E-state index contributed by atoms with van der Waals surface area (Å²) in [5.41, 5.74) is 2.33. The smallest absolute Gasteiger partial charge is 0.119 e. The minimum Gasteiger partial charge on any atom is -0.493 e. The van der Waals surface area contributed by atoms with Gasteiger partial charge < -0.3 is 9.84 Å². The highest BCUT2D eigenvalue weighted by Gasteiger charge is 1.99. The minimum absolute atomic E-state index is 0.165. The maximum atomic E-state index is 8.70. The Bertz CT molecular complexity index is 452. The molecule has 0 radical (unpaired) electrons. The van der Waals surface area contributed by atoms with Crippen LogP contribution in [-0.4, -0.2) is 18.3 Å². The number of ether oxygens (including phenoxy) is 1. The maximum Gasteiger partial charge on any atom is 0.119 e. The molecule has 2 aromatic carbocycles. The lowest BCUT2D eigenvalue weighted by molar-refractivity contribution is 0.233. The molecule has 0 aliphatic rings. The van der Waals surface area contributed by atoms with Gasteiger partial charge >= 0.3 is 0 Å². The van der Waals surface area contributed by atoms with Crippen molar-refractivity contribution < 1.29 is 9.84 Å². The van der Waals surface area contributed by atoms with E-state index in [1.54, 1.807) is 0 Å². The lowest BCUT2D eigenvalue weighted by Gasteiger charge is -2.07. The van der Waals surface area contributed by atoms with Gasteiger partial charge in [-0.05, 0) is 23.3 Å². The first-order valence-corrected chi connectivity index (χ1v) is 6.79. The lowest BCUT2D eigenvalue weighted by Crippen LogP contribution is -1.99. The second kappa shape index (κ2) is 9.17. The number of rotatable bonds is 5. The molecule has 0 aliphatic heterocycles.